The fourth-order valence-electron chi connectivity index (χ4n) is 4.35. The molecule has 3 N–H and O–H groups in total. The van der Waals surface area contributed by atoms with Gasteiger partial charge in [0.2, 0.25) is 18.5 Å². The molecule has 3 unspecified atom stereocenters. The summed E-state index contributed by atoms with van der Waals surface area (Å²) in [5.74, 6) is -0.240. The standard InChI is InChI=1S/C27H29IN2O8/c1-2-20(32)27(35)30(14-16-7-8-22-23(11-16)37-15-36-22)19-12-17(26(34)29-9-10-31)13-24(25(19)33)38-21-6-4-3-5-18(21)28/h3-8,11,13,19,24-25,31,33H,2,9-10,12,14-15H2,1H3,(H,29,34). The Morgan fingerprint density at radius 3 is 2.66 bits per heavy atom. The first-order chi connectivity index (χ1) is 18.3. The Morgan fingerprint density at radius 1 is 1.16 bits per heavy atom. The van der Waals surface area contributed by atoms with Gasteiger partial charge in [-0.2, -0.15) is 0 Å². The van der Waals surface area contributed by atoms with E-state index in [1.807, 2.05) is 12.1 Å². The van der Waals surface area contributed by atoms with E-state index in [1.54, 1.807) is 37.3 Å². The van der Waals surface area contributed by atoms with E-state index >= 15 is 0 Å². The molecule has 0 saturated carbocycles. The monoisotopic (exact) mass is 636 g/mol. The Hall–Kier alpha value is -3.16. The average Bonchev–Trinajstić information content (AvgIpc) is 3.40. The van der Waals surface area contributed by atoms with Crippen LogP contribution in [0.4, 0.5) is 0 Å². The molecular formula is C27H29IN2O8. The highest BCUT2D eigenvalue weighted by Gasteiger charge is 2.41. The average molecular weight is 636 g/mol. The van der Waals surface area contributed by atoms with E-state index in [2.05, 4.69) is 27.9 Å². The third-order valence-corrected chi connectivity index (χ3v) is 7.22. The number of ether oxygens (including phenoxy) is 3. The van der Waals surface area contributed by atoms with Crippen LogP contribution >= 0.6 is 22.6 Å². The molecule has 0 spiro atoms. The smallest absolute Gasteiger partial charge is 0.290 e. The fourth-order valence-corrected chi connectivity index (χ4v) is 4.87. The first kappa shape index (κ1) is 27.9. The predicted octanol–water partition coefficient (Wildman–Crippen LogP) is 1.94. The van der Waals surface area contributed by atoms with Crippen LogP contribution in [0.1, 0.15) is 25.3 Å². The quantitative estimate of drug-likeness (QED) is 0.266. The minimum atomic E-state index is -1.25. The lowest BCUT2D eigenvalue weighted by atomic mass is 9.87. The number of aliphatic hydroxyl groups is 2. The molecule has 0 saturated heterocycles. The van der Waals surface area contributed by atoms with Crippen molar-refractivity contribution in [3.8, 4) is 17.2 Å². The highest BCUT2D eigenvalue weighted by Crippen LogP contribution is 2.34. The van der Waals surface area contributed by atoms with Crippen LogP contribution in [0.2, 0.25) is 0 Å². The molecule has 2 aromatic carbocycles. The highest BCUT2D eigenvalue weighted by molar-refractivity contribution is 14.1. The summed E-state index contributed by atoms with van der Waals surface area (Å²) in [6.45, 7) is 1.47. The van der Waals surface area contributed by atoms with Gasteiger partial charge in [0.1, 0.15) is 18.0 Å². The van der Waals surface area contributed by atoms with Gasteiger partial charge in [-0.15, -0.1) is 0 Å². The van der Waals surface area contributed by atoms with Gasteiger partial charge in [0.25, 0.3) is 5.91 Å². The van der Waals surface area contributed by atoms with Gasteiger partial charge in [-0.3, -0.25) is 14.4 Å². The number of hydrogen-bond donors (Lipinski definition) is 3. The van der Waals surface area contributed by atoms with Crippen molar-refractivity contribution in [3.05, 3.63) is 63.2 Å². The molecule has 10 nitrogen and oxygen atoms in total. The number of carbonyl (C=O) groups is 3. The number of fused-ring (bicyclic) bond motifs is 1. The molecular weight excluding hydrogens is 607 g/mol. The molecule has 11 heteroatoms. The highest BCUT2D eigenvalue weighted by atomic mass is 127. The number of aliphatic hydroxyl groups excluding tert-OH is 2. The maximum absolute atomic E-state index is 13.3. The number of amides is 2. The van der Waals surface area contributed by atoms with Crippen molar-refractivity contribution in [2.24, 2.45) is 0 Å². The van der Waals surface area contributed by atoms with E-state index in [4.69, 9.17) is 19.3 Å². The number of rotatable bonds is 10. The summed E-state index contributed by atoms with van der Waals surface area (Å²) in [5.41, 5.74) is 0.937. The van der Waals surface area contributed by atoms with Crippen LogP contribution < -0.4 is 19.5 Å². The molecule has 0 bridgehead atoms. The van der Waals surface area contributed by atoms with Gasteiger partial charge < -0.3 is 34.6 Å². The molecule has 2 aromatic rings. The van der Waals surface area contributed by atoms with Gasteiger partial charge >= 0.3 is 0 Å². The van der Waals surface area contributed by atoms with Crippen molar-refractivity contribution in [1.29, 1.82) is 0 Å². The molecule has 0 radical (unpaired) electrons. The lowest BCUT2D eigenvalue weighted by Crippen LogP contribution is -2.56. The molecule has 1 aliphatic heterocycles. The predicted molar refractivity (Wildman–Crippen MR) is 145 cm³/mol. The molecule has 38 heavy (non-hydrogen) atoms. The van der Waals surface area contributed by atoms with Gasteiger partial charge in [0.05, 0.1) is 16.2 Å². The fraction of sp³-hybridized carbons (Fsp3) is 0.370. The minimum absolute atomic E-state index is 0.00985. The van der Waals surface area contributed by atoms with Crippen LogP contribution in [-0.4, -0.2) is 70.9 Å². The lowest BCUT2D eigenvalue weighted by molar-refractivity contribution is -0.149. The second-order valence-corrected chi connectivity index (χ2v) is 10.0. The normalized spacial score (nSPS) is 19.9. The molecule has 0 fully saturated rings. The van der Waals surface area contributed by atoms with E-state index in [1.165, 1.54) is 11.0 Å². The number of nitrogens with zero attached hydrogens (tertiary/aromatic N) is 1. The number of para-hydroxylation sites is 1. The molecule has 1 aliphatic carbocycles. The van der Waals surface area contributed by atoms with Crippen LogP contribution in [0.3, 0.4) is 0 Å². The van der Waals surface area contributed by atoms with Crippen molar-refractivity contribution in [2.75, 3.05) is 19.9 Å². The summed E-state index contributed by atoms with van der Waals surface area (Å²) in [6.07, 6.45) is -0.730. The van der Waals surface area contributed by atoms with Crippen molar-refractivity contribution < 1.29 is 38.8 Å². The minimum Gasteiger partial charge on any atom is -0.482 e. The molecule has 3 atom stereocenters. The van der Waals surface area contributed by atoms with Gasteiger partial charge in [-0.05, 0) is 58.5 Å². The Bertz CT molecular complexity index is 1230. The summed E-state index contributed by atoms with van der Waals surface area (Å²) in [5, 5.41) is 23.2. The summed E-state index contributed by atoms with van der Waals surface area (Å²) in [6, 6.07) is 11.5. The largest absolute Gasteiger partial charge is 0.482 e. The van der Waals surface area contributed by atoms with Gasteiger partial charge in [-0.1, -0.05) is 25.1 Å². The van der Waals surface area contributed by atoms with Crippen molar-refractivity contribution >= 4 is 40.2 Å². The topological polar surface area (TPSA) is 135 Å². The van der Waals surface area contributed by atoms with Crippen molar-refractivity contribution in [3.63, 3.8) is 0 Å². The number of Topliss-reactive ketones (excluding diaryl/α,β-unsaturated/α-hetero) is 1. The second kappa shape index (κ2) is 12.6. The van der Waals surface area contributed by atoms with E-state index < -0.39 is 35.8 Å². The summed E-state index contributed by atoms with van der Waals surface area (Å²) in [4.78, 5) is 40.1. The first-order valence-electron chi connectivity index (χ1n) is 12.2. The van der Waals surface area contributed by atoms with Crippen LogP contribution in [0.25, 0.3) is 0 Å². The zero-order valence-corrected chi connectivity index (χ0v) is 22.9. The zero-order chi connectivity index (χ0) is 27.2. The maximum Gasteiger partial charge on any atom is 0.290 e. The molecule has 202 valence electrons. The molecule has 2 amide bonds. The van der Waals surface area contributed by atoms with Gasteiger partial charge in [0.15, 0.2) is 11.5 Å². The molecule has 4 rings (SSSR count). The van der Waals surface area contributed by atoms with Crippen molar-refractivity contribution in [1.82, 2.24) is 10.2 Å². The van der Waals surface area contributed by atoms with Crippen LogP contribution in [0.5, 0.6) is 17.2 Å². The second-order valence-electron chi connectivity index (χ2n) is 8.84. The lowest BCUT2D eigenvalue weighted by Gasteiger charge is -2.40. The van der Waals surface area contributed by atoms with Crippen LogP contribution in [0.15, 0.2) is 54.1 Å². The maximum atomic E-state index is 13.3. The summed E-state index contributed by atoms with van der Waals surface area (Å²) in [7, 11) is 0. The molecule has 0 aromatic heterocycles. The Labute approximate surface area is 233 Å². The summed E-state index contributed by atoms with van der Waals surface area (Å²) >= 11 is 2.11. The van der Waals surface area contributed by atoms with Gasteiger partial charge in [0, 0.05) is 31.5 Å². The van der Waals surface area contributed by atoms with E-state index in [-0.39, 0.29) is 44.9 Å². The van der Waals surface area contributed by atoms with Crippen molar-refractivity contribution in [2.45, 2.75) is 44.6 Å². The Kier molecular flexibility index (Phi) is 9.23. The third-order valence-electron chi connectivity index (χ3n) is 6.32. The third kappa shape index (κ3) is 6.27. The number of ketones is 1. The summed E-state index contributed by atoms with van der Waals surface area (Å²) < 4.78 is 17.7. The number of halogens is 1. The number of nitrogens with one attached hydrogen (secondary N) is 1. The Balaban J connectivity index is 1.69. The number of carbonyl (C=O) groups excluding carboxylic acids is 3. The number of benzene rings is 2. The van der Waals surface area contributed by atoms with Crippen LogP contribution in [-0.2, 0) is 20.9 Å². The molecule has 2 aliphatic rings. The van der Waals surface area contributed by atoms with Gasteiger partial charge in [-0.25, -0.2) is 0 Å². The zero-order valence-electron chi connectivity index (χ0n) is 20.8. The van der Waals surface area contributed by atoms with E-state index in [0.717, 1.165) is 3.57 Å². The SMILES string of the molecule is CCC(=O)C(=O)N(Cc1ccc2c(c1)OCO2)C1CC(C(=O)NCCO)=CC(Oc2ccccc2I)C1O. The Morgan fingerprint density at radius 2 is 1.92 bits per heavy atom. The van der Waals surface area contributed by atoms with Crippen LogP contribution in [0, 0.1) is 3.57 Å². The van der Waals surface area contributed by atoms with E-state index in [0.29, 0.717) is 22.8 Å². The number of hydrogen-bond acceptors (Lipinski definition) is 8. The molecule has 1 heterocycles. The first-order valence-corrected chi connectivity index (χ1v) is 13.3. The van der Waals surface area contributed by atoms with E-state index in [9.17, 15) is 19.5 Å².